The van der Waals surface area contributed by atoms with Gasteiger partial charge in [-0.15, -0.1) is 11.3 Å². The Morgan fingerprint density at radius 1 is 0.418 bits per heavy atom. The summed E-state index contributed by atoms with van der Waals surface area (Å²) in [6.07, 6.45) is 0. The van der Waals surface area contributed by atoms with Gasteiger partial charge in [-0.3, -0.25) is 0 Å². The van der Waals surface area contributed by atoms with Gasteiger partial charge in [0.15, 0.2) is 17.5 Å². The lowest BCUT2D eigenvalue weighted by atomic mass is 10.0. The molecule has 0 saturated carbocycles. The van der Waals surface area contributed by atoms with E-state index in [2.05, 4.69) is 144 Å². The number of para-hydroxylation sites is 2. The van der Waals surface area contributed by atoms with Crippen molar-refractivity contribution in [3.8, 4) is 39.9 Å². The van der Waals surface area contributed by atoms with Crippen molar-refractivity contribution in [2.45, 2.75) is 0 Å². The van der Waals surface area contributed by atoms with Crippen LogP contribution in [0.5, 0.6) is 0 Å². The fourth-order valence-corrected chi connectivity index (χ4v) is 9.37. The molecular weight excluding hydrogens is 693 g/mol. The summed E-state index contributed by atoms with van der Waals surface area (Å²) in [6.45, 7) is 0. The Bertz CT molecular complexity index is 3500. The molecule has 4 aromatic heterocycles. The number of hydrogen-bond donors (Lipinski definition) is 0. The van der Waals surface area contributed by atoms with Crippen molar-refractivity contribution in [2.24, 2.45) is 0 Å². The van der Waals surface area contributed by atoms with Crippen LogP contribution in [0.4, 0.5) is 0 Å². The zero-order chi connectivity index (χ0) is 36.0. The van der Waals surface area contributed by atoms with Crippen molar-refractivity contribution < 1.29 is 4.42 Å². The van der Waals surface area contributed by atoms with E-state index in [4.69, 9.17) is 19.4 Å². The van der Waals surface area contributed by atoms with E-state index in [1.165, 1.54) is 41.7 Å². The summed E-state index contributed by atoms with van der Waals surface area (Å²) in [7, 11) is 0. The van der Waals surface area contributed by atoms with Gasteiger partial charge in [-0.05, 0) is 65.4 Å². The molecular formula is C49H28N4OS. The molecule has 0 unspecified atom stereocenters. The van der Waals surface area contributed by atoms with Crippen LogP contribution in [0.1, 0.15) is 0 Å². The van der Waals surface area contributed by atoms with Crippen molar-refractivity contribution in [3.05, 3.63) is 170 Å². The molecule has 4 heterocycles. The van der Waals surface area contributed by atoms with E-state index >= 15 is 0 Å². The molecule has 0 radical (unpaired) electrons. The van der Waals surface area contributed by atoms with Crippen molar-refractivity contribution >= 4 is 86.0 Å². The first-order valence-corrected chi connectivity index (χ1v) is 19.2. The maximum Gasteiger partial charge on any atom is 0.164 e. The van der Waals surface area contributed by atoms with Gasteiger partial charge >= 0.3 is 0 Å². The Hall–Kier alpha value is -7.15. The van der Waals surface area contributed by atoms with E-state index in [9.17, 15) is 0 Å². The topological polar surface area (TPSA) is 56.7 Å². The predicted molar refractivity (Wildman–Crippen MR) is 228 cm³/mol. The highest BCUT2D eigenvalue weighted by Crippen LogP contribution is 2.42. The second-order valence-electron chi connectivity index (χ2n) is 14.0. The fourth-order valence-electron chi connectivity index (χ4n) is 8.29. The molecule has 8 aromatic carbocycles. The number of hydrogen-bond acceptors (Lipinski definition) is 5. The molecule has 0 aliphatic heterocycles. The minimum atomic E-state index is 0.587. The molecule has 0 fully saturated rings. The SMILES string of the molecule is c1ccc(-c2nc(-c3ccc4sc5ccccc5c4c3)nc(-c3cc(-n4c5ccccc5c5cc6ccccc6cc54)cc4oc5ccccc5c34)n2)cc1. The lowest BCUT2D eigenvalue weighted by Crippen LogP contribution is -2.01. The van der Waals surface area contributed by atoms with Crippen LogP contribution >= 0.6 is 11.3 Å². The number of furan rings is 1. The van der Waals surface area contributed by atoms with E-state index < -0.39 is 0 Å². The molecule has 0 saturated heterocycles. The Morgan fingerprint density at radius 2 is 1.09 bits per heavy atom. The minimum absolute atomic E-state index is 0.587. The van der Waals surface area contributed by atoms with Crippen molar-refractivity contribution in [2.75, 3.05) is 0 Å². The maximum atomic E-state index is 6.67. The fraction of sp³-hybridized carbons (Fsp3) is 0. The van der Waals surface area contributed by atoms with E-state index in [0.717, 1.165) is 55.3 Å². The first-order valence-electron chi connectivity index (χ1n) is 18.3. The predicted octanol–water partition coefficient (Wildman–Crippen LogP) is 13.4. The highest BCUT2D eigenvalue weighted by Gasteiger charge is 2.22. The summed E-state index contributed by atoms with van der Waals surface area (Å²) >= 11 is 1.81. The van der Waals surface area contributed by atoms with E-state index in [0.29, 0.717) is 17.5 Å². The second kappa shape index (κ2) is 11.7. The Balaban J connectivity index is 1.17. The van der Waals surface area contributed by atoms with E-state index in [1.807, 2.05) is 30.3 Å². The van der Waals surface area contributed by atoms with Crippen molar-refractivity contribution in [3.63, 3.8) is 0 Å². The summed E-state index contributed by atoms with van der Waals surface area (Å²) in [5, 5.41) is 9.22. The molecule has 0 aliphatic carbocycles. The van der Waals surface area contributed by atoms with Gasteiger partial charge < -0.3 is 8.98 Å². The molecule has 0 spiro atoms. The van der Waals surface area contributed by atoms with Gasteiger partial charge in [-0.1, -0.05) is 109 Å². The summed E-state index contributed by atoms with van der Waals surface area (Å²) in [5.74, 6) is 1.82. The minimum Gasteiger partial charge on any atom is -0.456 e. The highest BCUT2D eigenvalue weighted by atomic mass is 32.1. The third-order valence-electron chi connectivity index (χ3n) is 10.8. The largest absolute Gasteiger partial charge is 0.456 e. The van der Waals surface area contributed by atoms with Crippen LogP contribution in [0.25, 0.3) is 115 Å². The van der Waals surface area contributed by atoms with Crippen LogP contribution in [0.2, 0.25) is 0 Å². The third kappa shape index (κ3) is 4.68. The average Bonchev–Trinajstić information content (AvgIpc) is 3.91. The first-order chi connectivity index (χ1) is 27.2. The monoisotopic (exact) mass is 720 g/mol. The van der Waals surface area contributed by atoms with Crippen LogP contribution in [0, 0.1) is 0 Å². The molecule has 55 heavy (non-hydrogen) atoms. The molecule has 12 aromatic rings. The average molecular weight is 721 g/mol. The maximum absolute atomic E-state index is 6.67. The zero-order valence-corrected chi connectivity index (χ0v) is 30.1. The molecule has 0 amide bonds. The molecule has 12 rings (SSSR count). The second-order valence-corrected chi connectivity index (χ2v) is 15.1. The number of aromatic nitrogens is 4. The van der Waals surface area contributed by atoms with Gasteiger partial charge in [-0.25, -0.2) is 15.0 Å². The first kappa shape index (κ1) is 30.3. The molecule has 0 bridgehead atoms. The molecule has 256 valence electrons. The Morgan fingerprint density at radius 3 is 1.96 bits per heavy atom. The number of nitrogens with zero attached hydrogens (tertiary/aromatic N) is 4. The number of thiophene rings is 1. The van der Waals surface area contributed by atoms with Gasteiger partial charge in [0, 0.05) is 64.5 Å². The van der Waals surface area contributed by atoms with Crippen LogP contribution in [0.3, 0.4) is 0 Å². The number of benzene rings is 8. The standard InChI is InChI=1S/C49H28N4OS/c1-2-12-29(13-3-1)47-50-48(32-22-23-45-38(25-32)35-17-8-11-21-44(35)55-45)52-49(51-47)39-27-33(28-43-46(39)36-18-7-10-20-42(36)54-43)53-40-19-9-6-16-34(40)37-24-30-14-4-5-15-31(30)26-41(37)53/h1-28H. The number of rotatable bonds is 4. The van der Waals surface area contributed by atoms with E-state index in [1.54, 1.807) is 11.3 Å². The smallest absolute Gasteiger partial charge is 0.164 e. The Labute approximate surface area is 318 Å². The lowest BCUT2D eigenvalue weighted by Gasteiger charge is -2.13. The summed E-state index contributed by atoms with van der Waals surface area (Å²) in [4.78, 5) is 15.7. The quantitative estimate of drug-likeness (QED) is 0.182. The highest BCUT2D eigenvalue weighted by molar-refractivity contribution is 7.25. The van der Waals surface area contributed by atoms with Gasteiger partial charge in [0.1, 0.15) is 11.2 Å². The van der Waals surface area contributed by atoms with Crippen LogP contribution < -0.4 is 0 Å². The van der Waals surface area contributed by atoms with Gasteiger partial charge in [0.25, 0.3) is 0 Å². The van der Waals surface area contributed by atoms with Crippen LogP contribution in [-0.4, -0.2) is 19.5 Å². The van der Waals surface area contributed by atoms with Crippen LogP contribution in [-0.2, 0) is 0 Å². The molecule has 5 nitrogen and oxygen atoms in total. The molecule has 0 atom stereocenters. The molecule has 0 aliphatic rings. The lowest BCUT2D eigenvalue weighted by molar-refractivity contribution is 0.668. The van der Waals surface area contributed by atoms with Crippen LogP contribution in [0.15, 0.2) is 174 Å². The summed E-state index contributed by atoms with van der Waals surface area (Å²) < 4.78 is 11.5. The van der Waals surface area contributed by atoms with Crippen molar-refractivity contribution in [1.29, 1.82) is 0 Å². The van der Waals surface area contributed by atoms with Gasteiger partial charge in [0.05, 0.1) is 16.7 Å². The van der Waals surface area contributed by atoms with Gasteiger partial charge in [0.2, 0.25) is 0 Å². The van der Waals surface area contributed by atoms with E-state index in [-0.39, 0.29) is 0 Å². The molecule has 0 N–H and O–H groups in total. The van der Waals surface area contributed by atoms with Crippen molar-refractivity contribution in [1.82, 2.24) is 19.5 Å². The Kier molecular flexibility index (Phi) is 6.44. The molecule has 6 heteroatoms. The normalized spacial score (nSPS) is 12.0. The van der Waals surface area contributed by atoms with Gasteiger partial charge in [-0.2, -0.15) is 0 Å². The zero-order valence-electron chi connectivity index (χ0n) is 29.3. The number of fused-ring (bicyclic) bond motifs is 10. The third-order valence-corrected chi connectivity index (χ3v) is 12.0. The summed E-state index contributed by atoms with van der Waals surface area (Å²) in [6, 6.07) is 59.7. The summed E-state index contributed by atoms with van der Waals surface area (Å²) in [5.41, 5.74) is 7.55.